The Hall–Kier alpha value is -1.23. The zero-order valence-electron chi connectivity index (χ0n) is 8.69. The Morgan fingerprint density at radius 3 is 2.53 bits per heavy atom. The van der Waals surface area contributed by atoms with Crippen molar-refractivity contribution in [3.8, 4) is 6.01 Å². The number of ether oxygens (including phenoxy) is 1. The summed E-state index contributed by atoms with van der Waals surface area (Å²) in [6.07, 6.45) is 4.34. The fraction of sp³-hybridized carbons (Fsp3) is 0.600. The molecule has 1 fully saturated rings. The molecule has 0 spiro atoms. The van der Waals surface area contributed by atoms with Crippen molar-refractivity contribution in [2.24, 2.45) is 0 Å². The first-order valence-electron chi connectivity index (χ1n) is 5.07. The van der Waals surface area contributed by atoms with Gasteiger partial charge in [-0.15, -0.1) is 0 Å². The zero-order valence-corrected chi connectivity index (χ0v) is 8.69. The van der Waals surface area contributed by atoms with Gasteiger partial charge in [0.1, 0.15) is 6.10 Å². The molecular weight excluding hydrogens is 197 g/mol. The summed E-state index contributed by atoms with van der Waals surface area (Å²) >= 11 is 0. The molecule has 5 heteroatoms. The summed E-state index contributed by atoms with van der Waals surface area (Å²) in [5, 5.41) is 0. The second-order valence-electron chi connectivity index (χ2n) is 3.80. The minimum Gasteiger partial charge on any atom is -0.460 e. The van der Waals surface area contributed by atoms with E-state index in [4.69, 9.17) is 4.74 Å². The Morgan fingerprint density at radius 1 is 1.33 bits per heavy atom. The van der Waals surface area contributed by atoms with Crippen LogP contribution in [0.1, 0.15) is 12.8 Å². The first-order chi connectivity index (χ1) is 7.24. The molecule has 0 aromatic carbocycles. The van der Waals surface area contributed by atoms with Crippen LogP contribution in [-0.2, 0) is 0 Å². The molecule has 15 heavy (non-hydrogen) atoms. The van der Waals surface area contributed by atoms with Crippen LogP contribution in [0.3, 0.4) is 0 Å². The molecule has 0 saturated carbocycles. The Bertz CT molecular complexity index is 309. The molecule has 0 amide bonds. The maximum absolute atomic E-state index is 12.5. The Kier molecular flexibility index (Phi) is 3.11. The predicted octanol–water partition coefficient (Wildman–Crippen LogP) is 1.09. The number of halogens is 1. The third-order valence-electron chi connectivity index (χ3n) is 2.53. The van der Waals surface area contributed by atoms with Gasteiger partial charge in [0.15, 0.2) is 5.82 Å². The molecule has 0 bridgehead atoms. The number of rotatable bonds is 2. The molecule has 0 unspecified atom stereocenters. The number of aromatic nitrogens is 2. The van der Waals surface area contributed by atoms with Gasteiger partial charge in [-0.05, 0) is 19.9 Å². The van der Waals surface area contributed by atoms with E-state index in [1.54, 1.807) is 0 Å². The average Bonchev–Trinajstić information content (AvgIpc) is 2.25. The smallest absolute Gasteiger partial charge is 0.316 e. The second-order valence-corrected chi connectivity index (χ2v) is 3.80. The van der Waals surface area contributed by atoms with Gasteiger partial charge >= 0.3 is 6.01 Å². The van der Waals surface area contributed by atoms with Gasteiger partial charge < -0.3 is 9.64 Å². The molecule has 1 saturated heterocycles. The van der Waals surface area contributed by atoms with Crippen LogP contribution in [0.5, 0.6) is 6.01 Å². The highest BCUT2D eigenvalue weighted by Crippen LogP contribution is 2.14. The zero-order chi connectivity index (χ0) is 10.7. The van der Waals surface area contributed by atoms with Crippen LogP contribution in [0.2, 0.25) is 0 Å². The topological polar surface area (TPSA) is 38.2 Å². The fourth-order valence-electron chi connectivity index (χ4n) is 1.61. The van der Waals surface area contributed by atoms with Crippen LogP contribution in [-0.4, -0.2) is 41.1 Å². The van der Waals surface area contributed by atoms with Crippen molar-refractivity contribution < 1.29 is 9.13 Å². The monoisotopic (exact) mass is 211 g/mol. The van der Waals surface area contributed by atoms with E-state index in [2.05, 4.69) is 21.9 Å². The van der Waals surface area contributed by atoms with Crippen molar-refractivity contribution in [3.63, 3.8) is 0 Å². The summed E-state index contributed by atoms with van der Waals surface area (Å²) in [7, 11) is 2.09. The van der Waals surface area contributed by atoms with E-state index in [9.17, 15) is 4.39 Å². The van der Waals surface area contributed by atoms with E-state index < -0.39 is 5.82 Å². The van der Waals surface area contributed by atoms with E-state index in [0.29, 0.717) is 0 Å². The lowest BCUT2D eigenvalue weighted by molar-refractivity contribution is 0.105. The van der Waals surface area contributed by atoms with Crippen LogP contribution in [0.25, 0.3) is 0 Å². The maximum atomic E-state index is 12.5. The summed E-state index contributed by atoms with van der Waals surface area (Å²) in [5.74, 6) is -0.439. The van der Waals surface area contributed by atoms with Gasteiger partial charge in [-0.1, -0.05) is 0 Å². The highest BCUT2D eigenvalue weighted by atomic mass is 19.1. The summed E-state index contributed by atoms with van der Waals surface area (Å²) in [6.45, 7) is 2.04. The van der Waals surface area contributed by atoms with Crippen LogP contribution < -0.4 is 4.74 Å². The lowest BCUT2D eigenvalue weighted by Crippen LogP contribution is -2.35. The molecule has 0 aliphatic carbocycles. The van der Waals surface area contributed by atoms with Crippen LogP contribution in [0.15, 0.2) is 12.4 Å². The highest BCUT2D eigenvalue weighted by Gasteiger charge is 2.18. The third-order valence-corrected chi connectivity index (χ3v) is 2.53. The summed E-state index contributed by atoms with van der Waals surface area (Å²) in [4.78, 5) is 9.79. The fourth-order valence-corrected chi connectivity index (χ4v) is 1.61. The molecule has 2 heterocycles. The number of nitrogens with zero attached hydrogens (tertiary/aromatic N) is 3. The van der Waals surface area contributed by atoms with Crippen molar-refractivity contribution in [3.05, 3.63) is 18.2 Å². The number of hydrogen-bond acceptors (Lipinski definition) is 4. The molecule has 82 valence electrons. The van der Waals surface area contributed by atoms with E-state index in [1.165, 1.54) is 0 Å². The molecule has 0 N–H and O–H groups in total. The maximum Gasteiger partial charge on any atom is 0.316 e. The largest absolute Gasteiger partial charge is 0.460 e. The Labute approximate surface area is 88.1 Å². The average molecular weight is 211 g/mol. The summed E-state index contributed by atoms with van der Waals surface area (Å²) in [6, 6.07) is 0.269. The van der Waals surface area contributed by atoms with E-state index >= 15 is 0 Å². The summed E-state index contributed by atoms with van der Waals surface area (Å²) < 4.78 is 18.1. The lowest BCUT2D eigenvalue weighted by atomic mass is 10.1. The molecule has 2 rings (SSSR count). The molecule has 1 aromatic rings. The standard InChI is InChI=1S/C10H14FN3O/c1-14-4-2-9(3-5-14)15-10-12-6-8(11)7-13-10/h6-7,9H,2-5H2,1H3. The first-order valence-corrected chi connectivity index (χ1v) is 5.07. The molecule has 1 aliphatic rings. The molecule has 1 aromatic heterocycles. The van der Waals surface area contributed by atoms with E-state index in [1.807, 2.05) is 0 Å². The van der Waals surface area contributed by atoms with E-state index in [-0.39, 0.29) is 12.1 Å². The van der Waals surface area contributed by atoms with Crippen molar-refractivity contribution >= 4 is 0 Å². The quantitative estimate of drug-likeness (QED) is 0.734. The van der Waals surface area contributed by atoms with Gasteiger partial charge in [0.2, 0.25) is 0 Å². The number of hydrogen-bond donors (Lipinski definition) is 0. The normalized spacial score (nSPS) is 19.1. The van der Waals surface area contributed by atoms with Gasteiger partial charge in [0.05, 0.1) is 12.4 Å². The highest BCUT2D eigenvalue weighted by molar-refractivity contribution is 4.96. The number of piperidine rings is 1. The molecule has 4 nitrogen and oxygen atoms in total. The van der Waals surface area contributed by atoms with Crippen LogP contribution >= 0.6 is 0 Å². The second kappa shape index (κ2) is 4.53. The summed E-state index contributed by atoms with van der Waals surface area (Å²) in [5.41, 5.74) is 0. The van der Waals surface area contributed by atoms with Gasteiger partial charge in [-0.2, -0.15) is 0 Å². The van der Waals surface area contributed by atoms with Crippen molar-refractivity contribution in [1.82, 2.24) is 14.9 Å². The van der Waals surface area contributed by atoms with Crippen molar-refractivity contribution in [2.75, 3.05) is 20.1 Å². The van der Waals surface area contributed by atoms with Crippen molar-refractivity contribution in [2.45, 2.75) is 18.9 Å². The van der Waals surface area contributed by atoms with Gasteiger partial charge in [-0.25, -0.2) is 14.4 Å². The van der Waals surface area contributed by atoms with Crippen LogP contribution in [0.4, 0.5) is 4.39 Å². The van der Waals surface area contributed by atoms with Gasteiger partial charge in [-0.3, -0.25) is 0 Å². The first kappa shape index (κ1) is 10.3. The lowest BCUT2D eigenvalue weighted by Gasteiger charge is -2.28. The van der Waals surface area contributed by atoms with E-state index in [0.717, 1.165) is 38.3 Å². The van der Waals surface area contributed by atoms with Crippen molar-refractivity contribution in [1.29, 1.82) is 0 Å². The van der Waals surface area contributed by atoms with Gasteiger partial charge in [0.25, 0.3) is 0 Å². The van der Waals surface area contributed by atoms with Gasteiger partial charge in [0, 0.05) is 13.1 Å². The predicted molar refractivity (Wildman–Crippen MR) is 53.1 cm³/mol. The SMILES string of the molecule is CN1CCC(Oc2ncc(F)cn2)CC1. The Morgan fingerprint density at radius 2 is 1.93 bits per heavy atom. The molecule has 1 aliphatic heterocycles. The van der Waals surface area contributed by atoms with Crippen LogP contribution in [0, 0.1) is 5.82 Å². The molecule has 0 radical (unpaired) electrons. The Balaban J connectivity index is 1.89. The minimum absolute atomic E-state index is 0.159. The molecule has 0 atom stereocenters. The molecular formula is C10H14FN3O. The third kappa shape index (κ3) is 2.86. The minimum atomic E-state index is -0.439. The number of likely N-dealkylation sites (tertiary alicyclic amines) is 1.